The Balaban J connectivity index is 1.86. The highest BCUT2D eigenvalue weighted by molar-refractivity contribution is 7.80. The Morgan fingerprint density at radius 1 is 1.18 bits per heavy atom. The molecule has 0 bridgehead atoms. The first-order valence-corrected chi connectivity index (χ1v) is 9.83. The Morgan fingerprint density at radius 3 is 2.57 bits per heavy atom. The number of rotatable bonds is 7. The van der Waals surface area contributed by atoms with Gasteiger partial charge in [0, 0.05) is 5.69 Å². The number of halogens is 1. The average molecular weight is 421 g/mol. The molecule has 2 N–H and O–H groups in total. The van der Waals surface area contributed by atoms with Gasteiger partial charge in [0.15, 0.2) is 5.11 Å². The van der Waals surface area contributed by atoms with E-state index in [0.29, 0.717) is 34.6 Å². The van der Waals surface area contributed by atoms with Crippen LogP contribution < -0.4 is 15.4 Å². The van der Waals surface area contributed by atoms with E-state index in [4.69, 9.17) is 33.3 Å². The minimum absolute atomic E-state index is 0.00381. The number of nitrogens with one attached hydrogen (secondary N) is 2. The quantitative estimate of drug-likeness (QED) is 0.491. The molecule has 2 rings (SSSR count). The summed E-state index contributed by atoms with van der Waals surface area (Å²) in [4.78, 5) is 11.8. The van der Waals surface area contributed by atoms with Crippen LogP contribution >= 0.6 is 23.8 Å². The molecule has 0 heterocycles. The fourth-order valence-electron chi connectivity index (χ4n) is 2.42. The zero-order valence-electron chi connectivity index (χ0n) is 16.5. The number of hydrogen-bond donors (Lipinski definition) is 2. The molecule has 0 radical (unpaired) electrons. The number of anilines is 1. The van der Waals surface area contributed by atoms with E-state index in [1.165, 1.54) is 11.1 Å². The molecule has 0 saturated heterocycles. The molecule has 0 aliphatic carbocycles. The molecule has 0 aromatic heterocycles. The molecular formula is C21H25ClN2O3S. The summed E-state index contributed by atoms with van der Waals surface area (Å²) in [5.74, 6) is 0.383. The Bertz CT molecular complexity index is 858. The predicted molar refractivity (Wildman–Crippen MR) is 118 cm³/mol. The molecule has 0 amide bonds. The van der Waals surface area contributed by atoms with E-state index >= 15 is 0 Å². The largest absolute Gasteiger partial charge is 0.491 e. The third kappa shape index (κ3) is 6.39. The summed E-state index contributed by atoms with van der Waals surface area (Å²) in [6.45, 7) is 8.61. The molecule has 0 saturated carbocycles. The number of carbonyl (C=O) groups excluding carboxylic acids is 1. The fourth-order valence-corrected chi connectivity index (χ4v) is 3.00. The summed E-state index contributed by atoms with van der Waals surface area (Å²) in [7, 11) is 0. The Kier molecular flexibility index (Phi) is 8.08. The molecule has 0 aliphatic heterocycles. The first kappa shape index (κ1) is 22.0. The highest BCUT2D eigenvalue weighted by Crippen LogP contribution is 2.22. The zero-order valence-corrected chi connectivity index (χ0v) is 18.0. The Hall–Kier alpha value is -2.31. The third-order valence-electron chi connectivity index (χ3n) is 4.08. The monoisotopic (exact) mass is 420 g/mol. The second kappa shape index (κ2) is 10.3. The van der Waals surface area contributed by atoms with Crippen LogP contribution in [0.25, 0.3) is 0 Å². The summed E-state index contributed by atoms with van der Waals surface area (Å²) < 4.78 is 10.8. The molecule has 0 fully saturated rings. The minimum atomic E-state index is -0.447. The molecule has 2 aromatic rings. The van der Waals surface area contributed by atoms with Crippen LogP contribution in [0.2, 0.25) is 5.02 Å². The van der Waals surface area contributed by atoms with Gasteiger partial charge in [-0.15, -0.1) is 0 Å². The lowest BCUT2D eigenvalue weighted by Crippen LogP contribution is -2.39. The predicted octanol–water partition coefficient (Wildman–Crippen LogP) is 4.89. The van der Waals surface area contributed by atoms with E-state index < -0.39 is 5.97 Å². The zero-order chi connectivity index (χ0) is 20.7. The number of carbonyl (C=O) groups is 1. The first-order valence-electron chi connectivity index (χ1n) is 9.04. The molecule has 150 valence electrons. The first-order chi connectivity index (χ1) is 13.3. The van der Waals surface area contributed by atoms with Crippen LogP contribution in [0.4, 0.5) is 5.69 Å². The Labute approximate surface area is 176 Å². The van der Waals surface area contributed by atoms with E-state index in [-0.39, 0.29) is 6.04 Å². The van der Waals surface area contributed by atoms with Gasteiger partial charge in [0.1, 0.15) is 12.4 Å². The van der Waals surface area contributed by atoms with E-state index in [1.54, 1.807) is 25.1 Å². The van der Waals surface area contributed by atoms with Crippen LogP contribution in [0.3, 0.4) is 0 Å². The van der Waals surface area contributed by atoms with Gasteiger partial charge < -0.3 is 20.1 Å². The van der Waals surface area contributed by atoms with Crippen molar-refractivity contribution in [3.05, 3.63) is 58.1 Å². The van der Waals surface area contributed by atoms with Gasteiger partial charge in [0.05, 0.1) is 23.2 Å². The van der Waals surface area contributed by atoms with E-state index in [9.17, 15) is 4.79 Å². The SMILES string of the molecule is CCOC(=O)c1ccc(NC(=S)N[C@@H](C)COc2ccc(C)c(C)c2)cc1Cl. The van der Waals surface area contributed by atoms with E-state index in [2.05, 4.69) is 24.5 Å². The molecular weight excluding hydrogens is 396 g/mol. The maximum atomic E-state index is 11.8. The van der Waals surface area contributed by atoms with Crippen molar-refractivity contribution in [2.45, 2.75) is 33.7 Å². The van der Waals surface area contributed by atoms with Crippen LogP contribution in [-0.2, 0) is 4.74 Å². The number of hydrogen-bond acceptors (Lipinski definition) is 4. The standard InChI is InChI=1S/C21H25ClN2O3S/c1-5-26-20(25)18-9-7-16(11-19(18)22)24-21(28)23-15(4)12-27-17-8-6-13(2)14(3)10-17/h6-11,15H,5,12H2,1-4H3,(H2,23,24,28)/t15-/m0/s1. The van der Waals surface area contributed by atoms with Crippen LogP contribution in [0.1, 0.15) is 35.3 Å². The van der Waals surface area contributed by atoms with Gasteiger partial charge in [-0.2, -0.15) is 0 Å². The minimum Gasteiger partial charge on any atom is -0.491 e. The molecule has 5 nitrogen and oxygen atoms in total. The number of ether oxygens (including phenoxy) is 2. The van der Waals surface area contributed by atoms with Gasteiger partial charge in [-0.3, -0.25) is 0 Å². The average Bonchev–Trinajstić information content (AvgIpc) is 2.63. The fraction of sp³-hybridized carbons (Fsp3) is 0.333. The number of esters is 1. The van der Waals surface area contributed by atoms with Gasteiger partial charge in [-0.25, -0.2) is 4.79 Å². The lowest BCUT2D eigenvalue weighted by molar-refractivity contribution is 0.0526. The van der Waals surface area contributed by atoms with Crippen molar-refractivity contribution in [1.82, 2.24) is 5.32 Å². The van der Waals surface area contributed by atoms with Crippen molar-refractivity contribution in [2.24, 2.45) is 0 Å². The summed E-state index contributed by atoms with van der Waals surface area (Å²) in [6.07, 6.45) is 0. The third-order valence-corrected chi connectivity index (χ3v) is 4.61. The van der Waals surface area contributed by atoms with Crippen molar-refractivity contribution >= 4 is 40.6 Å². The molecule has 7 heteroatoms. The maximum Gasteiger partial charge on any atom is 0.339 e. The maximum absolute atomic E-state index is 11.8. The summed E-state index contributed by atoms with van der Waals surface area (Å²) in [5.41, 5.74) is 3.43. The number of benzene rings is 2. The van der Waals surface area contributed by atoms with Crippen molar-refractivity contribution in [3.63, 3.8) is 0 Å². The second-order valence-electron chi connectivity index (χ2n) is 6.47. The highest BCUT2D eigenvalue weighted by atomic mass is 35.5. The van der Waals surface area contributed by atoms with E-state index in [0.717, 1.165) is 5.75 Å². The summed E-state index contributed by atoms with van der Waals surface area (Å²) >= 11 is 11.5. The van der Waals surface area contributed by atoms with Gasteiger partial charge in [-0.1, -0.05) is 17.7 Å². The van der Waals surface area contributed by atoms with Crippen LogP contribution in [0.15, 0.2) is 36.4 Å². The Morgan fingerprint density at radius 2 is 1.93 bits per heavy atom. The second-order valence-corrected chi connectivity index (χ2v) is 7.29. The molecule has 2 aromatic carbocycles. The van der Waals surface area contributed by atoms with E-state index in [1.807, 2.05) is 25.1 Å². The normalized spacial score (nSPS) is 11.5. The summed E-state index contributed by atoms with van der Waals surface area (Å²) in [6, 6.07) is 11.0. The van der Waals surface area contributed by atoms with Crippen molar-refractivity contribution in [2.75, 3.05) is 18.5 Å². The van der Waals surface area contributed by atoms with Gasteiger partial charge in [0.2, 0.25) is 0 Å². The molecule has 28 heavy (non-hydrogen) atoms. The summed E-state index contributed by atoms with van der Waals surface area (Å²) in [5, 5.41) is 6.96. The smallest absolute Gasteiger partial charge is 0.339 e. The number of aryl methyl sites for hydroxylation is 2. The topological polar surface area (TPSA) is 59.6 Å². The van der Waals surface area contributed by atoms with Crippen LogP contribution in [-0.4, -0.2) is 30.3 Å². The van der Waals surface area contributed by atoms with Crippen LogP contribution in [0, 0.1) is 13.8 Å². The van der Waals surface area contributed by atoms with Crippen molar-refractivity contribution in [3.8, 4) is 5.75 Å². The highest BCUT2D eigenvalue weighted by Gasteiger charge is 2.12. The lowest BCUT2D eigenvalue weighted by atomic mass is 10.1. The van der Waals surface area contributed by atoms with Crippen LogP contribution in [0.5, 0.6) is 5.75 Å². The molecule has 0 spiro atoms. The van der Waals surface area contributed by atoms with Gasteiger partial charge >= 0.3 is 5.97 Å². The molecule has 1 atom stereocenters. The molecule has 0 unspecified atom stereocenters. The van der Waals surface area contributed by atoms with Gasteiger partial charge in [0.25, 0.3) is 0 Å². The molecule has 0 aliphatic rings. The van der Waals surface area contributed by atoms with Gasteiger partial charge in [-0.05, 0) is 81.4 Å². The van der Waals surface area contributed by atoms with Crippen molar-refractivity contribution in [1.29, 1.82) is 0 Å². The number of thiocarbonyl (C=S) groups is 1. The lowest BCUT2D eigenvalue weighted by Gasteiger charge is -2.18. The van der Waals surface area contributed by atoms with Crippen molar-refractivity contribution < 1.29 is 14.3 Å².